The second-order valence-corrected chi connectivity index (χ2v) is 6.07. The van der Waals surface area contributed by atoms with Crippen LogP contribution in [0.3, 0.4) is 0 Å². The molecule has 2 heterocycles. The lowest BCUT2D eigenvalue weighted by molar-refractivity contribution is 0.140. The summed E-state index contributed by atoms with van der Waals surface area (Å²) in [5.74, 6) is 2.49. The van der Waals surface area contributed by atoms with E-state index in [1.807, 2.05) is 12.1 Å². The molecule has 1 aromatic heterocycles. The number of rotatable bonds is 6. The minimum absolute atomic E-state index is 0.136. The lowest BCUT2D eigenvalue weighted by Gasteiger charge is -2.18. The highest BCUT2D eigenvalue weighted by molar-refractivity contribution is 5.79. The lowest BCUT2D eigenvalue weighted by atomic mass is 10.1. The third kappa shape index (κ3) is 5.00. The van der Waals surface area contributed by atoms with E-state index in [1.165, 1.54) is 5.56 Å². The number of nitrogens with one attached hydrogen (secondary N) is 2. The summed E-state index contributed by atoms with van der Waals surface area (Å²) in [4.78, 5) is 4.25. The molecule has 0 radical (unpaired) electrons. The molecule has 2 N–H and O–H groups in total. The van der Waals surface area contributed by atoms with E-state index >= 15 is 0 Å². The van der Waals surface area contributed by atoms with Crippen LogP contribution in [-0.4, -0.2) is 32.3 Å². The number of ether oxygens (including phenoxy) is 2. The van der Waals surface area contributed by atoms with Crippen molar-refractivity contribution in [1.29, 1.82) is 0 Å². The molecule has 0 bridgehead atoms. The number of guanidine groups is 1. The number of furan rings is 1. The number of hydrogen-bond donors (Lipinski definition) is 2. The van der Waals surface area contributed by atoms with E-state index in [9.17, 15) is 0 Å². The zero-order valence-electron chi connectivity index (χ0n) is 14.7. The smallest absolute Gasteiger partial charge is 0.191 e. The Morgan fingerprint density at radius 2 is 2.16 bits per heavy atom. The molecule has 3 rings (SSSR count). The molecular weight excluding hydrogens is 318 g/mol. The zero-order valence-corrected chi connectivity index (χ0v) is 14.7. The van der Waals surface area contributed by atoms with Gasteiger partial charge in [0.2, 0.25) is 0 Å². The molecule has 1 aromatic carbocycles. The third-order valence-corrected chi connectivity index (χ3v) is 4.08. The Balaban J connectivity index is 1.59. The first kappa shape index (κ1) is 17.4. The first-order valence-electron chi connectivity index (χ1n) is 8.55. The average Bonchev–Trinajstić information content (AvgIpc) is 3.30. The maximum Gasteiger partial charge on any atom is 0.191 e. The van der Waals surface area contributed by atoms with Gasteiger partial charge in [-0.2, -0.15) is 0 Å². The first-order valence-corrected chi connectivity index (χ1v) is 8.55. The molecule has 1 unspecified atom stereocenters. The number of aryl methyl sites for hydroxylation is 1. The van der Waals surface area contributed by atoms with Gasteiger partial charge in [0.1, 0.15) is 17.6 Å². The van der Waals surface area contributed by atoms with Crippen LogP contribution in [0.5, 0.6) is 5.75 Å². The normalized spacial score (nSPS) is 17.5. The van der Waals surface area contributed by atoms with Gasteiger partial charge in [0.05, 0.1) is 26.0 Å². The van der Waals surface area contributed by atoms with Gasteiger partial charge in [-0.15, -0.1) is 0 Å². The van der Waals surface area contributed by atoms with Crippen LogP contribution in [0, 0.1) is 6.92 Å². The fraction of sp³-hybridized carbons (Fsp3) is 0.421. The SMILES string of the molecule is CN=C(NCc1ccco1)NCc1ccc(C)cc1OC1CCOC1. The van der Waals surface area contributed by atoms with Crippen molar-refractivity contribution in [2.24, 2.45) is 4.99 Å². The van der Waals surface area contributed by atoms with Crippen LogP contribution in [0.25, 0.3) is 0 Å². The van der Waals surface area contributed by atoms with E-state index in [2.05, 4.69) is 40.7 Å². The number of benzene rings is 1. The molecule has 0 amide bonds. The van der Waals surface area contributed by atoms with Crippen LogP contribution in [-0.2, 0) is 17.8 Å². The van der Waals surface area contributed by atoms with Crippen molar-refractivity contribution >= 4 is 5.96 Å². The largest absolute Gasteiger partial charge is 0.488 e. The molecular formula is C19H25N3O3. The Hall–Kier alpha value is -2.47. The van der Waals surface area contributed by atoms with Gasteiger partial charge in [0.25, 0.3) is 0 Å². The lowest BCUT2D eigenvalue weighted by Crippen LogP contribution is -2.36. The fourth-order valence-corrected chi connectivity index (χ4v) is 2.69. The van der Waals surface area contributed by atoms with Crippen molar-refractivity contribution in [1.82, 2.24) is 10.6 Å². The van der Waals surface area contributed by atoms with E-state index in [0.717, 1.165) is 30.1 Å². The van der Waals surface area contributed by atoms with Gasteiger partial charge in [-0.3, -0.25) is 4.99 Å². The quantitative estimate of drug-likeness (QED) is 0.623. The summed E-state index contributed by atoms with van der Waals surface area (Å²) in [5.41, 5.74) is 2.27. The molecule has 1 saturated heterocycles. The summed E-state index contributed by atoms with van der Waals surface area (Å²) < 4.78 is 16.9. The van der Waals surface area contributed by atoms with Crippen molar-refractivity contribution in [3.05, 3.63) is 53.5 Å². The van der Waals surface area contributed by atoms with Crippen molar-refractivity contribution in [2.75, 3.05) is 20.3 Å². The standard InChI is InChI=1S/C19H25N3O3/c1-14-5-6-15(18(10-14)25-17-7-9-23-13-17)11-21-19(20-2)22-12-16-4-3-8-24-16/h3-6,8,10,17H,7,9,11-13H2,1-2H3,(H2,20,21,22). The molecule has 0 saturated carbocycles. The van der Waals surface area contributed by atoms with Gasteiger partial charge < -0.3 is 24.5 Å². The van der Waals surface area contributed by atoms with E-state index in [1.54, 1.807) is 13.3 Å². The van der Waals surface area contributed by atoms with Gasteiger partial charge in [0.15, 0.2) is 5.96 Å². The van der Waals surface area contributed by atoms with Crippen LogP contribution in [0.4, 0.5) is 0 Å². The Morgan fingerprint density at radius 3 is 2.88 bits per heavy atom. The average molecular weight is 343 g/mol. The van der Waals surface area contributed by atoms with E-state index in [4.69, 9.17) is 13.9 Å². The van der Waals surface area contributed by atoms with Crippen molar-refractivity contribution in [3.63, 3.8) is 0 Å². The van der Waals surface area contributed by atoms with E-state index in [0.29, 0.717) is 25.7 Å². The Bertz CT molecular complexity index is 692. The Labute approximate surface area is 148 Å². The van der Waals surface area contributed by atoms with Crippen LogP contribution in [0.2, 0.25) is 0 Å². The molecule has 6 heteroatoms. The highest BCUT2D eigenvalue weighted by Crippen LogP contribution is 2.23. The molecule has 1 atom stereocenters. The highest BCUT2D eigenvalue weighted by atomic mass is 16.5. The first-order chi connectivity index (χ1) is 12.2. The minimum atomic E-state index is 0.136. The Kier molecular flexibility index (Phi) is 5.95. The molecule has 0 aliphatic carbocycles. The summed E-state index contributed by atoms with van der Waals surface area (Å²) in [6.45, 7) is 4.71. The van der Waals surface area contributed by atoms with Gasteiger partial charge in [-0.05, 0) is 30.7 Å². The summed E-state index contributed by atoms with van der Waals surface area (Å²) >= 11 is 0. The Morgan fingerprint density at radius 1 is 1.28 bits per heavy atom. The van der Waals surface area contributed by atoms with E-state index < -0.39 is 0 Å². The summed E-state index contributed by atoms with van der Waals surface area (Å²) in [7, 11) is 1.75. The van der Waals surface area contributed by atoms with Crippen LogP contribution < -0.4 is 15.4 Å². The molecule has 1 aliphatic rings. The maximum absolute atomic E-state index is 6.13. The summed E-state index contributed by atoms with van der Waals surface area (Å²) in [6.07, 6.45) is 2.74. The fourth-order valence-electron chi connectivity index (χ4n) is 2.69. The van der Waals surface area contributed by atoms with E-state index in [-0.39, 0.29) is 6.10 Å². The molecule has 6 nitrogen and oxygen atoms in total. The number of hydrogen-bond acceptors (Lipinski definition) is 4. The van der Waals surface area contributed by atoms with Crippen LogP contribution in [0.1, 0.15) is 23.3 Å². The van der Waals surface area contributed by atoms with Crippen molar-refractivity contribution in [2.45, 2.75) is 32.5 Å². The molecule has 0 spiro atoms. The van der Waals surface area contributed by atoms with Crippen LogP contribution >= 0.6 is 0 Å². The third-order valence-electron chi connectivity index (χ3n) is 4.08. The predicted octanol–water partition coefficient (Wildman–Crippen LogP) is 2.62. The summed E-state index contributed by atoms with van der Waals surface area (Å²) in [5, 5.41) is 6.55. The van der Waals surface area contributed by atoms with Gasteiger partial charge in [-0.1, -0.05) is 12.1 Å². The highest BCUT2D eigenvalue weighted by Gasteiger charge is 2.18. The number of nitrogens with zero attached hydrogens (tertiary/aromatic N) is 1. The van der Waals surface area contributed by atoms with Gasteiger partial charge in [-0.25, -0.2) is 0 Å². The zero-order chi connectivity index (χ0) is 17.5. The molecule has 1 aliphatic heterocycles. The maximum atomic E-state index is 6.13. The molecule has 2 aromatic rings. The number of aliphatic imine (C=N–C) groups is 1. The van der Waals surface area contributed by atoms with Gasteiger partial charge >= 0.3 is 0 Å². The van der Waals surface area contributed by atoms with Crippen molar-refractivity contribution in [3.8, 4) is 5.75 Å². The monoisotopic (exact) mass is 343 g/mol. The molecule has 1 fully saturated rings. The molecule has 134 valence electrons. The summed E-state index contributed by atoms with van der Waals surface area (Å²) in [6, 6.07) is 10.1. The minimum Gasteiger partial charge on any atom is -0.488 e. The molecule has 25 heavy (non-hydrogen) atoms. The topological polar surface area (TPSA) is 68.0 Å². The van der Waals surface area contributed by atoms with Crippen molar-refractivity contribution < 1.29 is 13.9 Å². The second-order valence-electron chi connectivity index (χ2n) is 6.07. The van der Waals surface area contributed by atoms with Gasteiger partial charge in [0, 0.05) is 25.6 Å². The van der Waals surface area contributed by atoms with Crippen LogP contribution in [0.15, 0.2) is 46.0 Å². The predicted molar refractivity (Wildman–Crippen MR) is 96.8 cm³/mol. The second kappa shape index (κ2) is 8.58.